The highest BCUT2D eigenvalue weighted by atomic mass is 16.1. The van der Waals surface area contributed by atoms with Crippen LogP contribution in [0.4, 0.5) is 0 Å². The number of hydrogen-bond donors (Lipinski definition) is 2. The fraction of sp³-hybridized carbons (Fsp3) is 0.400. The molecule has 102 valence electrons. The fourth-order valence-corrected chi connectivity index (χ4v) is 2.42. The van der Waals surface area contributed by atoms with Gasteiger partial charge >= 0.3 is 0 Å². The summed E-state index contributed by atoms with van der Waals surface area (Å²) < 4.78 is 2.23. The number of carbonyl (C=O) groups excluding carboxylic acids is 1. The van der Waals surface area contributed by atoms with Crippen LogP contribution in [0.3, 0.4) is 0 Å². The number of rotatable bonds is 5. The summed E-state index contributed by atoms with van der Waals surface area (Å²) >= 11 is 0. The van der Waals surface area contributed by atoms with Gasteiger partial charge < -0.3 is 15.2 Å². The molecule has 1 aromatic heterocycles. The molecule has 0 saturated carbocycles. The molecule has 19 heavy (non-hydrogen) atoms. The molecular weight excluding hydrogens is 238 g/mol. The van der Waals surface area contributed by atoms with Crippen LogP contribution in [-0.4, -0.2) is 23.6 Å². The van der Waals surface area contributed by atoms with Crippen molar-refractivity contribution in [3.05, 3.63) is 35.5 Å². The number of aryl methyl sites for hydroxylation is 2. The van der Waals surface area contributed by atoms with Crippen LogP contribution in [0.2, 0.25) is 0 Å². The summed E-state index contributed by atoms with van der Waals surface area (Å²) in [7, 11) is 2.10. The van der Waals surface area contributed by atoms with Crippen LogP contribution in [-0.2, 0) is 18.4 Å². The Bertz CT molecular complexity index is 547. The molecule has 0 atom stereocenters. The number of nitrogens with one attached hydrogen (secondary N) is 2. The van der Waals surface area contributed by atoms with E-state index in [2.05, 4.69) is 53.4 Å². The van der Waals surface area contributed by atoms with Crippen LogP contribution in [0.15, 0.2) is 24.3 Å². The first-order chi connectivity index (χ1) is 9.11. The molecule has 0 aliphatic heterocycles. The summed E-state index contributed by atoms with van der Waals surface area (Å²) in [6, 6.07) is 8.44. The summed E-state index contributed by atoms with van der Waals surface area (Å²) in [5.74, 6) is 0.0163. The molecule has 0 bridgehead atoms. The Labute approximate surface area is 113 Å². The van der Waals surface area contributed by atoms with E-state index < -0.39 is 0 Å². The molecule has 0 unspecified atom stereocenters. The Hall–Kier alpha value is -1.81. The number of fused-ring (bicyclic) bond motifs is 1. The first-order valence-electron chi connectivity index (χ1n) is 6.59. The van der Waals surface area contributed by atoms with Crippen molar-refractivity contribution in [1.29, 1.82) is 0 Å². The van der Waals surface area contributed by atoms with E-state index in [1.165, 1.54) is 29.1 Å². The van der Waals surface area contributed by atoms with Crippen molar-refractivity contribution in [2.75, 3.05) is 13.1 Å². The Morgan fingerprint density at radius 2 is 2.00 bits per heavy atom. The third-order valence-electron chi connectivity index (χ3n) is 3.48. The minimum absolute atomic E-state index is 0.0163. The standard InChI is InChI=1S/C15H21N3O/c1-11-13-6-4-5-7-14(13)18(3)15(11)10-16-8-9-17-12(2)19/h4-7,16H,8-10H2,1-3H3,(H,17,19). The predicted octanol–water partition coefficient (Wildman–Crippen LogP) is 1.71. The topological polar surface area (TPSA) is 46.1 Å². The highest BCUT2D eigenvalue weighted by Gasteiger charge is 2.10. The molecular formula is C15H21N3O. The van der Waals surface area contributed by atoms with Gasteiger partial charge in [-0.2, -0.15) is 0 Å². The lowest BCUT2D eigenvalue weighted by Crippen LogP contribution is -2.30. The van der Waals surface area contributed by atoms with Crippen LogP contribution in [0.1, 0.15) is 18.2 Å². The lowest BCUT2D eigenvalue weighted by molar-refractivity contribution is -0.118. The number of nitrogens with zero attached hydrogens (tertiary/aromatic N) is 1. The maximum Gasteiger partial charge on any atom is 0.216 e. The average molecular weight is 259 g/mol. The van der Waals surface area contributed by atoms with Gasteiger partial charge in [-0.3, -0.25) is 4.79 Å². The highest BCUT2D eigenvalue weighted by Crippen LogP contribution is 2.23. The number of amides is 1. The Kier molecular flexibility index (Phi) is 4.22. The predicted molar refractivity (Wildman–Crippen MR) is 78.0 cm³/mol. The van der Waals surface area contributed by atoms with Crippen molar-refractivity contribution in [3.63, 3.8) is 0 Å². The van der Waals surface area contributed by atoms with E-state index in [0.29, 0.717) is 6.54 Å². The number of benzene rings is 1. The van der Waals surface area contributed by atoms with Gasteiger partial charge in [0.1, 0.15) is 0 Å². The van der Waals surface area contributed by atoms with Gasteiger partial charge in [-0.05, 0) is 18.6 Å². The zero-order valence-corrected chi connectivity index (χ0v) is 11.8. The lowest BCUT2D eigenvalue weighted by Gasteiger charge is -2.08. The SMILES string of the molecule is CC(=O)NCCNCc1c(C)c2ccccc2n1C. The first-order valence-corrected chi connectivity index (χ1v) is 6.59. The molecule has 4 heteroatoms. The molecule has 0 spiro atoms. The molecule has 0 aliphatic rings. The van der Waals surface area contributed by atoms with E-state index in [9.17, 15) is 4.79 Å². The Morgan fingerprint density at radius 1 is 1.26 bits per heavy atom. The molecule has 1 aromatic carbocycles. The van der Waals surface area contributed by atoms with Gasteiger partial charge in [0.05, 0.1) is 0 Å². The van der Waals surface area contributed by atoms with E-state index in [-0.39, 0.29) is 5.91 Å². The minimum atomic E-state index is 0.0163. The summed E-state index contributed by atoms with van der Waals surface area (Å²) in [5.41, 5.74) is 3.88. The zero-order chi connectivity index (χ0) is 13.8. The Morgan fingerprint density at radius 3 is 2.68 bits per heavy atom. The highest BCUT2D eigenvalue weighted by molar-refractivity contribution is 5.85. The zero-order valence-electron chi connectivity index (χ0n) is 11.8. The lowest BCUT2D eigenvalue weighted by atomic mass is 10.1. The maximum atomic E-state index is 10.8. The van der Waals surface area contributed by atoms with Crippen molar-refractivity contribution in [1.82, 2.24) is 15.2 Å². The molecule has 4 nitrogen and oxygen atoms in total. The van der Waals surface area contributed by atoms with Gasteiger partial charge in [0, 0.05) is 50.2 Å². The van der Waals surface area contributed by atoms with Crippen LogP contribution in [0.25, 0.3) is 10.9 Å². The molecule has 0 saturated heterocycles. The van der Waals surface area contributed by atoms with E-state index in [0.717, 1.165) is 13.1 Å². The monoisotopic (exact) mass is 259 g/mol. The van der Waals surface area contributed by atoms with Crippen molar-refractivity contribution in [3.8, 4) is 0 Å². The van der Waals surface area contributed by atoms with E-state index in [1.54, 1.807) is 0 Å². The second kappa shape index (κ2) is 5.89. The number of para-hydroxylation sites is 1. The van der Waals surface area contributed by atoms with Crippen molar-refractivity contribution < 1.29 is 4.79 Å². The van der Waals surface area contributed by atoms with Gasteiger partial charge in [0.15, 0.2) is 0 Å². The normalized spacial score (nSPS) is 10.9. The molecule has 1 heterocycles. The smallest absolute Gasteiger partial charge is 0.216 e. The van der Waals surface area contributed by atoms with E-state index in [1.807, 2.05) is 0 Å². The van der Waals surface area contributed by atoms with E-state index >= 15 is 0 Å². The second-order valence-corrected chi connectivity index (χ2v) is 4.81. The molecule has 2 rings (SSSR count). The molecule has 1 amide bonds. The number of aromatic nitrogens is 1. The number of carbonyl (C=O) groups is 1. The van der Waals surface area contributed by atoms with Gasteiger partial charge in [0.2, 0.25) is 5.91 Å². The van der Waals surface area contributed by atoms with Crippen molar-refractivity contribution in [2.45, 2.75) is 20.4 Å². The van der Waals surface area contributed by atoms with Crippen LogP contribution >= 0.6 is 0 Å². The summed E-state index contributed by atoms with van der Waals surface area (Å²) in [6.07, 6.45) is 0. The molecule has 2 N–H and O–H groups in total. The van der Waals surface area contributed by atoms with Gasteiger partial charge in [-0.15, -0.1) is 0 Å². The van der Waals surface area contributed by atoms with Crippen LogP contribution < -0.4 is 10.6 Å². The molecule has 0 fully saturated rings. The summed E-state index contributed by atoms with van der Waals surface area (Å²) in [5, 5.41) is 7.45. The van der Waals surface area contributed by atoms with Gasteiger partial charge in [-0.25, -0.2) is 0 Å². The Balaban J connectivity index is 2.03. The maximum absolute atomic E-state index is 10.8. The van der Waals surface area contributed by atoms with E-state index in [4.69, 9.17) is 0 Å². The third kappa shape index (κ3) is 2.96. The van der Waals surface area contributed by atoms with Crippen molar-refractivity contribution >= 4 is 16.8 Å². The molecule has 2 aromatic rings. The summed E-state index contributed by atoms with van der Waals surface area (Å²) in [4.78, 5) is 10.8. The largest absolute Gasteiger partial charge is 0.355 e. The quantitative estimate of drug-likeness (QED) is 0.803. The number of hydrogen-bond acceptors (Lipinski definition) is 2. The molecule has 0 radical (unpaired) electrons. The van der Waals surface area contributed by atoms with Crippen molar-refractivity contribution in [2.24, 2.45) is 7.05 Å². The average Bonchev–Trinajstić information content (AvgIpc) is 2.63. The van der Waals surface area contributed by atoms with Gasteiger partial charge in [-0.1, -0.05) is 18.2 Å². The van der Waals surface area contributed by atoms with Gasteiger partial charge in [0.25, 0.3) is 0 Å². The third-order valence-corrected chi connectivity index (χ3v) is 3.48. The summed E-state index contributed by atoms with van der Waals surface area (Å²) in [6.45, 7) is 5.96. The fourth-order valence-electron chi connectivity index (χ4n) is 2.42. The molecule has 0 aliphatic carbocycles. The van der Waals surface area contributed by atoms with Crippen LogP contribution in [0.5, 0.6) is 0 Å². The second-order valence-electron chi connectivity index (χ2n) is 4.81. The first kappa shape index (κ1) is 13.6. The minimum Gasteiger partial charge on any atom is -0.355 e. The van der Waals surface area contributed by atoms with Crippen LogP contribution in [0, 0.1) is 6.92 Å².